The third-order valence-electron chi connectivity index (χ3n) is 5.92. The molecule has 1 fully saturated rings. The molecule has 4 amide bonds. The number of methoxy groups -OCH3 is 2. The van der Waals surface area contributed by atoms with Gasteiger partial charge >= 0.3 is 0 Å². The van der Waals surface area contributed by atoms with Crippen LogP contribution in [0.25, 0.3) is 6.08 Å². The highest BCUT2D eigenvalue weighted by Gasteiger charge is 2.36. The molecule has 0 aromatic heterocycles. The largest absolute Gasteiger partial charge is 0.495 e. The molecule has 224 valence electrons. The zero-order valence-corrected chi connectivity index (χ0v) is 25.0. The summed E-state index contributed by atoms with van der Waals surface area (Å²) in [5.74, 6) is 0.0273. The lowest BCUT2D eigenvalue weighted by Gasteiger charge is -2.13. The van der Waals surface area contributed by atoms with Crippen LogP contribution in [-0.4, -0.2) is 61.8 Å². The predicted octanol–water partition coefficient (Wildman–Crippen LogP) is 5.45. The van der Waals surface area contributed by atoms with Gasteiger partial charge in [0.25, 0.3) is 17.1 Å². The van der Waals surface area contributed by atoms with Crippen molar-refractivity contribution in [2.24, 2.45) is 0 Å². The second-order valence-electron chi connectivity index (χ2n) is 8.84. The quantitative estimate of drug-likeness (QED) is 0.252. The first-order chi connectivity index (χ1) is 20.7. The third kappa shape index (κ3) is 7.99. The molecule has 0 unspecified atom stereocenters. The Kier molecular flexibility index (Phi) is 10.5. The number of hydrogen-bond donors (Lipinski definition) is 2. The lowest BCUT2D eigenvalue weighted by molar-refractivity contribution is -0.127. The lowest BCUT2D eigenvalue weighted by Crippen LogP contribution is -2.36. The molecule has 1 aliphatic heterocycles. The summed E-state index contributed by atoms with van der Waals surface area (Å²) in [5.41, 5.74) is 1.46. The number of para-hydroxylation sites is 2. The van der Waals surface area contributed by atoms with Crippen LogP contribution in [0.5, 0.6) is 23.0 Å². The van der Waals surface area contributed by atoms with Crippen molar-refractivity contribution in [2.75, 3.05) is 44.6 Å². The number of amides is 4. The molecule has 3 aromatic rings. The smallest absolute Gasteiger partial charge is 0.294 e. The van der Waals surface area contributed by atoms with Crippen molar-refractivity contribution < 1.29 is 38.1 Å². The third-order valence-corrected chi connectivity index (χ3v) is 7.12. The van der Waals surface area contributed by atoms with E-state index in [0.29, 0.717) is 63.3 Å². The summed E-state index contributed by atoms with van der Waals surface area (Å²) in [6, 6.07) is 16.6. The number of thioether (sulfide) groups is 1. The van der Waals surface area contributed by atoms with Crippen molar-refractivity contribution in [3.8, 4) is 23.0 Å². The van der Waals surface area contributed by atoms with Gasteiger partial charge in [0, 0.05) is 5.69 Å². The fraction of sp³-hybridized carbons (Fsp3) is 0.200. The molecule has 1 aliphatic rings. The molecule has 1 heterocycles. The second kappa shape index (κ2) is 14.5. The minimum absolute atomic E-state index is 0.133. The molecule has 0 spiro atoms. The van der Waals surface area contributed by atoms with Crippen LogP contribution in [0.4, 0.5) is 16.2 Å². The zero-order chi connectivity index (χ0) is 30.9. The van der Waals surface area contributed by atoms with E-state index in [0.717, 1.165) is 4.90 Å². The SMILES string of the molecule is CCOc1ccccc1NC(=O)COc1ccc(/C=C2/SC(=O)N(CC(=O)Nc3ccc(OC)c(Cl)c3)C2=O)cc1OC. The van der Waals surface area contributed by atoms with Gasteiger partial charge in [-0.15, -0.1) is 0 Å². The Bertz CT molecular complexity index is 1580. The van der Waals surface area contributed by atoms with Crippen LogP contribution in [-0.2, 0) is 14.4 Å². The van der Waals surface area contributed by atoms with E-state index in [1.807, 2.05) is 6.92 Å². The van der Waals surface area contributed by atoms with Gasteiger partial charge in [-0.25, -0.2) is 0 Å². The number of halogens is 1. The van der Waals surface area contributed by atoms with Gasteiger partial charge in [-0.2, -0.15) is 0 Å². The first-order valence-electron chi connectivity index (χ1n) is 12.9. The lowest BCUT2D eigenvalue weighted by atomic mass is 10.2. The molecule has 0 aliphatic carbocycles. The van der Waals surface area contributed by atoms with Gasteiger partial charge in [-0.3, -0.25) is 24.1 Å². The number of imide groups is 1. The first-order valence-corrected chi connectivity index (χ1v) is 14.1. The molecule has 0 bridgehead atoms. The van der Waals surface area contributed by atoms with Gasteiger partial charge < -0.3 is 29.6 Å². The minimum Gasteiger partial charge on any atom is -0.495 e. The number of anilines is 2. The topological polar surface area (TPSA) is 132 Å². The van der Waals surface area contributed by atoms with Crippen molar-refractivity contribution in [2.45, 2.75) is 6.92 Å². The summed E-state index contributed by atoms with van der Waals surface area (Å²) in [4.78, 5) is 51.5. The minimum atomic E-state index is -0.610. The van der Waals surface area contributed by atoms with Crippen LogP contribution in [0.2, 0.25) is 5.02 Å². The molecular weight excluding hydrogens is 598 g/mol. The number of hydrogen-bond acceptors (Lipinski definition) is 9. The number of ether oxygens (including phenoxy) is 4. The van der Waals surface area contributed by atoms with Gasteiger partial charge in [-0.05, 0) is 72.8 Å². The van der Waals surface area contributed by atoms with Crippen LogP contribution in [0, 0.1) is 0 Å². The molecule has 43 heavy (non-hydrogen) atoms. The van der Waals surface area contributed by atoms with E-state index in [1.54, 1.807) is 54.6 Å². The Morgan fingerprint density at radius 2 is 1.63 bits per heavy atom. The van der Waals surface area contributed by atoms with Crippen molar-refractivity contribution in [3.05, 3.63) is 76.2 Å². The van der Waals surface area contributed by atoms with Crippen molar-refractivity contribution in [3.63, 3.8) is 0 Å². The number of benzene rings is 3. The van der Waals surface area contributed by atoms with Crippen LogP contribution in [0.3, 0.4) is 0 Å². The standard InChI is InChI=1S/C30H28ClN3O8S/c1-4-41-23-8-6-5-7-21(23)33-28(36)17-42-24-11-9-18(13-25(24)40-3)14-26-29(37)34(30(38)43-26)16-27(35)32-19-10-12-22(39-2)20(31)15-19/h5-15H,4,16-17H2,1-3H3,(H,32,35)(H,33,36)/b26-14+. The molecule has 0 radical (unpaired) electrons. The second-order valence-corrected chi connectivity index (χ2v) is 10.2. The summed E-state index contributed by atoms with van der Waals surface area (Å²) in [7, 11) is 2.91. The maximum absolute atomic E-state index is 12.9. The molecule has 0 atom stereocenters. The van der Waals surface area contributed by atoms with E-state index >= 15 is 0 Å². The van der Waals surface area contributed by atoms with Gasteiger partial charge in [-0.1, -0.05) is 29.8 Å². The average molecular weight is 626 g/mol. The van der Waals surface area contributed by atoms with Crippen LogP contribution >= 0.6 is 23.4 Å². The Morgan fingerprint density at radius 1 is 0.884 bits per heavy atom. The van der Waals surface area contributed by atoms with Gasteiger partial charge in [0.2, 0.25) is 5.91 Å². The Hall–Kier alpha value is -4.68. The van der Waals surface area contributed by atoms with E-state index in [4.69, 9.17) is 30.5 Å². The monoisotopic (exact) mass is 625 g/mol. The van der Waals surface area contributed by atoms with E-state index in [1.165, 1.54) is 26.4 Å². The number of carbonyl (C=O) groups excluding carboxylic acids is 4. The van der Waals surface area contributed by atoms with Crippen LogP contribution in [0.1, 0.15) is 12.5 Å². The normalized spacial score (nSPS) is 13.6. The molecule has 13 heteroatoms. The highest BCUT2D eigenvalue weighted by Crippen LogP contribution is 2.35. The van der Waals surface area contributed by atoms with Crippen molar-refractivity contribution in [1.82, 2.24) is 4.90 Å². The summed E-state index contributed by atoms with van der Waals surface area (Å²) in [6.45, 7) is 1.54. The molecule has 0 saturated carbocycles. The molecule has 2 N–H and O–H groups in total. The highest BCUT2D eigenvalue weighted by atomic mass is 35.5. The molecule has 3 aromatic carbocycles. The van der Waals surface area contributed by atoms with Crippen LogP contribution < -0.4 is 29.6 Å². The maximum Gasteiger partial charge on any atom is 0.294 e. The van der Waals surface area contributed by atoms with Gasteiger partial charge in [0.05, 0.1) is 36.4 Å². The summed E-state index contributed by atoms with van der Waals surface area (Å²) < 4.78 is 21.7. The maximum atomic E-state index is 12.9. The Labute approximate surface area is 257 Å². The number of nitrogens with one attached hydrogen (secondary N) is 2. The number of nitrogens with zero attached hydrogens (tertiary/aromatic N) is 1. The molecule has 4 rings (SSSR count). The summed E-state index contributed by atoms with van der Waals surface area (Å²) in [6.07, 6.45) is 1.51. The molecular formula is C30H28ClN3O8S. The van der Waals surface area contributed by atoms with Crippen molar-refractivity contribution >= 4 is 63.8 Å². The van der Waals surface area contributed by atoms with E-state index < -0.39 is 29.5 Å². The van der Waals surface area contributed by atoms with Gasteiger partial charge in [0.1, 0.15) is 18.0 Å². The fourth-order valence-corrected chi connectivity index (χ4v) is 5.05. The summed E-state index contributed by atoms with van der Waals surface area (Å²) >= 11 is 6.80. The Morgan fingerprint density at radius 3 is 2.35 bits per heavy atom. The summed E-state index contributed by atoms with van der Waals surface area (Å²) in [5, 5.41) is 5.08. The van der Waals surface area contributed by atoms with E-state index in [-0.39, 0.29) is 11.5 Å². The predicted molar refractivity (Wildman–Crippen MR) is 164 cm³/mol. The van der Waals surface area contributed by atoms with E-state index in [9.17, 15) is 19.2 Å². The number of carbonyl (C=O) groups is 4. The highest BCUT2D eigenvalue weighted by molar-refractivity contribution is 8.18. The molecule has 1 saturated heterocycles. The van der Waals surface area contributed by atoms with Gasteiger partial charge in [0.15, 0.2) is 18.1 Å². The fourth-order valence-electron chi connectivity index (χ4n) is 3.95. The average Bonchev–Trinajstić information content (AvgIpc) is 3.24. The van der Waals surface area contributed by atoms with Crippen molar-refractivity contribution in [1.29, 1.82) is 0 Å². The van der Waals surface area contributed by atoms with E-state index in [2.05, 4.69) is 10.6 Å². The molecule has 11 nitrogen and oxygen atoms in total. The Balaban J connectivity index is 1.37. The number of rotatable bonds is 12. The zero-order valence-electron chi connectivity index (χ0n) is 23.5. The first kappa shape index (κ1) is 31.3. The van der Waals surface area contributed by atoms with Crippen LogP contribution in [0.15, 0.2) is 65.6 Å².